The highest BCUT2D eigenvalue weighted by molar-refractivity contribution is 5.85. The van der Waals surface area contributed by atoms with Crippen LogP contribution in [0.3, 0.4) is 0 Å². The average molecular weight is 273 g/mol. The van der Waals surface area contributed by atoms with Gasteiger partial charge in [-0.2, -0.15) is 0 Å². The van der Waals surface area contributed by atoms with Crippen LogP contribution in [0.4, 0.5) is 0 Å². The highest BCUT2D eigenvalue weighted by atomic mass is 35.5. The molecule has 1 aromatic rings. The fourth-order valence-electron chi connectivity index (χ4n) is 1.82. The second-order valence-electron chi connectivity index (χ2n) is 3.97. The largest absolute Gasteiger partial charge is 0.491 e. The number of amides is 1. The second kappa shape index (κ2) is 6.58. The predicted molar refractivity (Wildman–Crippen MR) is 69.9 cm³/mol. The summed E-state index contributed by atoms with van der Waals surface area (Å²) in [6.45, 7) is 0.659. The number of rotatable bonds is 4. The Hall–Kier alpha value is -1.30. The van der Waals surface area contributed by atoms with Crippen molar-refractivity contribution in [2.75, 3.05) is 20.3 Å². The van der Waals surface area contributed by atoms with Crippen LogP contribution in [0.25, 0.3) is 0 Å². The summed E-state index contributed by atoms with van der Waals surface area (Å²) in [6, 6.07) is 6.88. The molecule has 2 rings (SSSR count). The number of para-hydroxylation sites is 1. The van der Waals surface area contributed by atoms with Crippen LogP contribution in [0.15, 0.2) is 24.3 Å². The van der Waals surface area contributed by atoms with E-state index in [1.54, 1.807) is 0 Å². The number of methoxy groups -OCH3 is 1. The maximum atomic E-state index is 11.7. The van der Waals surface area contributed by atoms with E-state index in [1.807, 2.05) is 24.3 Å². The predicted octanol–water partition coefficient (Wildman–Crippen LogP) is 0.632. The number of halogens is 1. The van der Waals surface area contributed by atoms with Crippen LogP contribution in [0.5, 0.6) is 5.75 Å². The third-order valence-electron chi connectivity index (χ3n) is 2.70. The summed E-state index contributed by atoms with van der Waals surface area (Å²) < 4.78 is 10.3. The molecule has 6 heteroatoms. The molecule has 5 nitrogen and oxygen atoms in total. The molecule has 1 aliphatic rings. The summed E-state index contributed by atoms with van der Waals surface area (Å²) in [5.41, 5.74) is 6.64. The Morgan fingerprint density at radius 3 is 3.06 bits per heavy atom. The van der Waals surface area contributed by atoms with Gasteiger partial charge >= 0.3 is 0 Å². The van der Waals surface area contributed by atoms with Gasteiger partial charge in [0.1, 0.15) is 18.4 Å². The Balaban J connectivity index is 0.00000162. The van der Waals surface area contributed by atoms with Crippen molar-refractivity contribution in [2.24, 2.45) is 5.73 Å². The lowest BCUT2D eigenvalue weighted by molar-refractivity contribution is -0.124. The van der Waals surface area contributed by atoms with Crippen LogP contribution in [0, 0.1) is 0 Å². The number of hydrogen-bond donors (Lipinski definition) is 2. The van der Waals surface area contributed by atoms with Crippen LogP contribution in [-0.2, 0) is 9.53 Å². The van der Waals surface area contributed by atoms with Gasteiger partial charge in [-0.25, -0.2) is 0 Å². The zero-order chi connectivity index (χ0) is 12.3. The van der Waals surface area contributed by atoms with Crippen molar-refractivity contribution in [1.29, 1.82) is 0 Å². The number of nitrogens with one attached hydrogen (secondary N) is 1. The molecule has 0 saturated carbocycles. The van der Waals surface area contributed by atoms with Gasteiger partial charge in [-0.1, -0.05) is 18.2 Å². The van der Waals surface area contributed by atoms with E-state index in [2.05, 4.69) is 5.32 Å². The van der Waals surface area contributed by atoms with Gasteiger partial charge in [0.15, 0.2) is 0 Å². The first-order valence-electron chi connectivity index (χ1n) is 5.49. The first-order chi connectivity index (χ1) is 8.22. The molecular formula is C12H17ClN2O3. The van der Waals surface area contributed by atoms with Crippen molar-refractivity contribution >= 4 is 18.3 Å². The van der Waals surface area contributed by atoms with Crippen molar-refractivity contribution in [3.8, 4) is 5.75 Å². The van der Waals surface area contributed by atoms with Crippen LogP contribution in [0.2, 0.25) is 0 Å². The van der Waals surface area contributed by atoms with E-state index >= 15 is 0 Å². The molecule has 0 aromatic heterocycles. The van der Waals surface area contributed by atoms with Crippen LogP contribution >= 0.6 is 12.4 Å². The van der Waals surface area contributed by atoms with E-state index < -0.39 is 6.04 Å². The zero-order valence-corrected chi connectivity index (χ0v) is 10.9. The number of fused-ring (bicyclic) bond motifs is 1. The molecule has 1 heterocycles. The van der Waals surface area contributed by atoms with Crippen molar-refractivity contribution in [2.45, 2.75) is 12.1 Å². The van der Waals surface area contributed by atoms with Crippen molar-refractivity contribution in [3.05, 3.63) is 29.8 Å². The fourth-order valence-corrected chi connectivity index (χ4v) is 1.82. The monoisotopic (exact) mass is 272 g/mol. The lowest BCUT2D eigenvalue weighted by atomic mass is 10.1. The van der Waals surface area contributed by atoms with E-state index in [1.165, 1.54) is 7.11 Å². The number of benzene rings is 1. The highest BCUT2D eigenvalue weighted by Crippen LogP contribution is 2.31. The highest BCUT2D eigenvalue weighted by Gasteiger charge is 2.26. The molecular weight excluding hydrogens is 256 g/mol. The fraction of sp³-hybridized carbons (Fsp3) is 0.417. The van der Waals surface area contributed by atoms with Gasteiger partial charge in [-0.05, 0) is 6.07 Å². The molecule has 1 aliphatic heterocycles. The minimum atomic E-state index is -0.646. The standard InChI is InChI=1S/C12H16N2O3.ClH/c1-16-6-9(13)12(15)14-10-7-17-11-5-3-2-4-8(10)11;/h2-5,9-10H,6-7,13H2,1H3,(H,14,15);1H. The van der Waals surface area contributed by atoms with Gasteiger partial charge < -0.3 is 20.5 Å². The maximum Gasteiger partial charge on any atom is 0.239 e. The first-order valence-corrected chi connectivity index (χ1v) is 5.49. The molecule has 0 saturated heterocycles. The second-order valence-corrected chi connectivity index (χ2v) is 3.97. The topological polar surface area (TPSA) is 73.6 Å². The number of hydrogen-bond acceptors (Lipinski definition) is 4. The van der Waals surface area contributed by atoms with E-state index in [0.717, 1.165) is 11.3 Å². The van der Waals surface area contributed by atoms with Gasteiger partial charge in [-0.3, -0.25) is 4.79 Å². The summed E-state index contributed by atoms with van der Waals surface area (Å²) in [5, 5.41) is 2.85. The Labute approximate surface area is 112 Å². The van der Waals surface area contributed by atoms with Crippen molar-refractivity contribution in [1.82, 2.24) is 5.32 Å². The third kappa shape index (κ3) is 3.13. The average Bonchev–Trinajstić information content (AvgIpc) is 2.73. The van der Waals surface area contributed by atoms with Crippen LogP contribution in [0.1, 0.15) is 11.6 Å². The Kier molecular flexibility index (Phi) is 5.40. The van der Waals surface area contributed by atoms with Gasteiger partial charge in [0.05, 0.1) is 12.6 Å². The summed E-state index contributed by atoms with van der Waals surface area (Å²) in [6.07, 6.45) is 0. The normalized spacial score (nSPS) is 18.2. The molecule has 0 radical (unpaired) electrons. The van der Waals surface area contributed by atoms with E-state index in [0.29, 0.717) is 6.61 Å². The molecule has 2 atom stereocenters. The number of carbonyl (C=O) groups is 1. The minimum Gasteiger partial charge on any atom is -0.491 e. The minimum absolute atomic E-state index is 0. The number of ether oxygens (including phenoxy) is 2. The van der Waals surface area contributed by atoms with Crippen molar-refractivity contribution < 1.29 is 14.3 Å². The zero-order valence-electron chi connectivity index (χ0n) is 10.1. The Bertz CT molecular complexity index is 414. The van der Waals surface area contributed by atoms with Gasteiger partial charge in [-0.15, -0.1) is 12.4 Å². The smallest absolute Gasteiger partial charge is 0.239 e. The van der Waals surface area contributed by atoms with Crippen LogP contribution in [-0.4, -0.2) is 32.3 Å². The Morgan fingerprint density at radius 2 is 2.33 bits per heavy atom. The van der Waals surface area contributed by atoms with Crippen LogP contribution < -0.4 is 15.8 Å². The molecule has 0 bridgehead atoms. The third-order valence-corrected chi connectivity index (χ3v) is 2.70. The Morgan fingerprint density at radius 1 is 1.61 bits per heavy atom. The molecule has 0 aliphatic carbocycles. The number of carbonyl (C=O) groups excluding carboxylic acids is 1. The lowest BCUT2D eigenvalue weighted by Gasteiger charge is -2.15. The molecule has 2 unspecified atom stereocenters. The summed E-state index contributed by atoms with van der Waals surface area (Å²) in [7, 11) is 1.52. The van der Waals surface area contributed by atoms with Gasteiger partial charge in [0, 0.05) is 12.7 Å². The van der Waals surface area contributed by atoms with Gasteiger partial charge in [0.2, 0.25) is 5.91 Å². The first kappa shape index (κ1) is 14.8. The molecule has 1 aromatic carbocycles. The maximum absolute atomic E-state index is 11.7. The molecule has 1 amide bonds. The van der Waals surface area contributed by atoms with E-state index in [4.69, 9.17) is 15.2 Å². The summed E-state index contributed by atoms with van der Waals surface area (Å²) >= 11 is 0. The van der Waals surface area contributed by atoms with E-state index in [9.17, 15) is 4.79 Å². The molecule has 100 valence electrons. The van der Waals surface area contributed by atoms with Gasteiger partial charge in [0.25, 0.3) is 0 Å². The molecule has 18 heavy (non-hydrogen) atoms. The molecule has 0 fully saturated rings. The SMILES string of the molecule is COCC(N)C(=O)NC1COc2ccccc21.Cl. The number of nitrogens with two attached hydrogens (primary N) is 1. The lowest BCUT2D eigenvalue weighted by Crippen LogP contribution is -2.45. The van der Waals surface area contributed by atoms with Crippen molar-refractivity contribution in [3.63, 3.8) is 0 Å². The summed E-state index contributed by atoms with van der Waals surface area (Å²) in [5.74, 6) is 0.593. The quantitative estimate of drug-likeness (QED) is 0.843. The van der Waals surface area contributed by atoms with E-state index in [-0.39, 0.29) is 31.0 Å². The summed E-state index contributed by atoms with van der Waals surface area (Å²) in [4.78, 5) is 11.7. The molecule has 0 spiro atoms. The molecule has 3 N–H and O–H groups in total.